The molecule has 0 bridgehead atoms. The van der Waals surface area contributed by atoms with Gasteiger partial charge in [-0.1, -0.05) is 18.2 Å². The molecular weight excluding hydrogens is 432 g/mol. The van der Waals surface area contributed by atoms with E-state index in [9.17, 15) is 9.59 Å². The monoisotopic (exact) mass is 460 g/mol. The molecule has 1 fully saturated rings. The molecule has 1 saturated heterocycles. The summed E-state index contributed by atoms with van der Waals surface area (Å²) in [5.74, 6) is 0.131. The molecule has 0 aliphatic carbocycles. The number of amides is 1. The van der Waals surface area contributed by atoms with Gasteiger partial charge in [0.05, 0.1) is 24.6 Å². The normalized spacial score (nSPS) is 14.1. The van der Waals surface area contributed by atoms with E-state index in [0.29, 0.717) is 22.5 Å². The van der Waals surface area contributed by atoms with Crippen molar-refractivity contribution in [2.45, 2.75) is 32.2 Å². The molecule has 9 nitrogen and oxygen atoms in total. The van der Waals surface area contributed by atoms with E-state index in [2.05, 4.69) is 15.3 Å². The molecule has 4 rings (SSSR count). The van der Waals surface area contributed by atoms with Crippen molar-refractivity contribution in [2.75, 3.05) is 25.0 Å². The van der Waals surface area contributed by atoms with Gasteiger partial charge in [0.25, 0.3) is 5.91 Å². The first-order valence-electron chi connectivity index (χ1n) is 11.4. The molecular formula is C25H28N6O3. The Bertz CT molecular complexity index is 1220. The lowest BCUT2D eigenvalue weighted by Crippen LogP contribution is -2.27. The van der Waals surface area contributed by atoms with Crippen LogP contribution in [0.4, 0.5) is 5.82 Å². The minimum absolute atomic E-state index is 0.00811. The second-order valence-corrected chi connectivity index (χ2v) is 8.20. The van der Waals surface area contributed by atoms with Crippen LogP contribution in [0.15, 0.2) is 48.8 Å². The predicted octanol–water partition coefficient (Wildman–Crippen LogP) is 3.26. The fourth-order valence-electron chi connectivity index (χ4n) is 4.13. The summed E-state index contributed by atoms with van der Waals surface area (Å²) >= 11 is 0. The number of aromatic nitrogens is 2. The highest BCUT2D eigenvalue weighted by molar-refractivity contribution is 6.00. The second-order valence-electron chi connectivity index (χ2n) is 8.20. The fourth-order valence-corrected chi connectivity index (χ4v) is 4.13. The van der Waals surface area contributed by atoms with Crippen LogP contribution in [0.25, 0.3) is 10.9 Å². The maximum Gasteiger partial charge on any atom is 0.308 e. The summed E-state index contributed by atoms with van der Waals surface area (Å²) in [6, 6.07) is 12.1. The number of anilines is 1. The lowest BCUT2D eigenvalue weighted by molar-refractivity contribution is -0.143. The first-order valence-corrected chi connectivity index (χ1v) is 11.4. The number of carbonyl (C=O) groups is 2. The van der Waals surface area contributed by atoms with E-state index < -0.39 is 6.04 Å². The van der Waals surface area contributed by atoms with Crippen molar-refractivity contribution in [1.82, 2.24) is 14.9 Å². The third-order valence-corrected chi connectivity index (χ3v) is 5.86. The maximum absolute atomic E-state index is 12.8. The van der Waals surface area contributed by atoms with E-state index in [4.69, 9.17) is 15.9 Å². The molecule has 1 aromatic heterocycles. The molecule has 3 aromatic rings. The Kier molecular flexibility index (Phi) is 7.01. The van der Waals surface area contributed by atoms with Crippen molar-refractivity contribution in [3.63, 3.8) is 0 Å². The highest BCUT2D eigenvalue weighted by atomic mass is 16.5. The van der Waals surface area contributed by atoms with Crippen molar-refractivity contribution >= 4 is 34.4 Å². The van der Waals surface area contributed by atoms with Gasteiger partial charge >= 0.3 is 5.97 Å². The highest BCUT2D eigenvalue weighted by Crippen LogP contribution is 2.28. The zero-order valence-corrected chi connectivity index (χ0v) is 19.1. The number of fused-ring (bicyclic) bond motifs is 1. The van der Waals surface area contributed by atoms with E-state index in [1.807, 2.05) is 17.0 Å². The van der Waals surface area contributed by atoms with Crippen LogP contribution in [-0.4, -0.2) is 52.3 Å². The van der Waals surface area contributed by atoms with Crippen LogP contribution in [0, 0.1) is 5.41 Å². The predicted molar refractivity (Wildman–Crippen MR) is 130 cm³/mol. The second kappa shape index (κ2) is 10.3. The minimum atomic E-state index is -0.470. The molecule has 1 amide bonds. The van der Waals surface area contributed by atoms with Crippen LogP contribution in [0.3, 0.4) is 0 Å². The highest BCUT2D eigenvalue weighted by Gasteiger charge is 2.22. The molecule has 2 heterocycles. The Labute approximate surface area is 197 Å². The number of rotatable bonds is 8. The van der Waals surface area contributed by atoms with Gasteiger partial charge in [-0.2, -0.15) is 0 Å². The van der Waals surface area contributed by atoms with Crippen molar-refractivity contribution in [2.24, 2.45) is 5.73 Å². The zero-order valence-electron chi connectivity index (χ0n) is 19.1. The van der Waals surface area contributed by atoms with Gasteiger partial charge in [-0.15, -0.1) is 0 Å². The third kappa shape index (κ3) is 5.14. The molecule has 1 aliphatic heterocycles. The lowest BCUT2D eigenvalue weighted by atomic mass is 10.0. The summed E-state index contributed by atoms with van der Waals surface area (Å²) in [7, 11) is 0. The Morgan fingerprint density at radius 3 is 2.68 bits per heavy atom. The lowest BCUT2D eigenvalue weighted by Gasteiger charge is -2.21. The summed E-state index contributed by atoms with van der Waals surface area (Å²) in [6.07, 6.45) is 3.55. The SMILES string of the molecule is CCOC(=O)CC(Nc1ncnc2cc(C(=O)N3CCCC3)ccc12)c1cccc(C(=N)N)c1. The first kappa shape index (κ1) is 23.2. The number of nitrogens with two attached hydrogens (primary N) is 1. The van der Waals surface area contributed by atoms with Crippen LogP contribution in [0.2, 0.25) is 0 Å². The molecule has 34 heavy (non-hydrogen) atoms. The number of carbonyl (C=O) groups excluding carboxylic acids is 2. The topological polar surface area (TPSA) is 134 Å². The molecule has 1 atom stereocenters. The van der Waals surface area contributed by atoms with Crippen LogP contribution < -0.4 is 11.1 Å². The van der Waals surface area contributed by atoms with Crippen LogP contribution >= 0.6 is 0 Å². The number of nitrogens with zero attached hydrogens (tertiary/aromatic N) is 3. The molecule has 0 radical (unpaired) electrons. The molecule has 2 aromatic carbocycles. The van der Waals surface area contributed by atoms with E-state index in [-0.39, 0.29) is 30.7 Å². The number of nitrogen functional groups attached to an aromatic ring is 1. The number of hydrogen-bond donors (Lipinski definition) is 3. The van der Waals surface area contributed by atoms with Crippen molar-refractivity contribution < 1.29 is 14.3 Å². The number of esters is 1. The summed E-state index contributed by atoms with van der Waals surface area (Å²) in [4.78, 5) is 35.8. The summed E-state index contributed by atoms with van der Waals surface area (Å²) in [6.45, 7) is 3.60. The molecule has 9 heteroatoms. The number of hydrogen-bond acceptors (Lipinski definition) is 7. The van der Waals surface area contributed by atoms with Gasteiger partial charge in [0, 0.05) is 29.6 Å². The third-order valence-electron chi connectivity index (χ3n) is 5.86. The van der Waals surface area contributed by atoms with Gasteiger partial charge in [0.1, 0.15) is 18.0 Å². The number of benzene rings is 2. The Morgan fingerprint density at radius 1 is 1.15 bits per heavy atom. The Balaban J connectivity index is 1.66. The van der Waals surface area contributed by atoms with Crippen molar-refractivity contribution in [1.29, 1.82) is 5.41 Å². The van der Waals surface area contributed by atoms with E-state index in [0.717, 1.165) is 36.9 Å². The standard InChI is InChI=1S/C25H28N6O3/c1-2-34-22(32)14-20(16-6-5-7-17(12-16)23(26)27)30-24-19-9-8-18(13-21(19)28-15-29-24)25(33)31-10-3-4-11-31/h5-9,12-13,15,20H,2-4,10-11,14H2,1H3,(H3,26,27)(H,28,29,30). The Hall–Kier alpha value is -4.01. The van der Waals surface area contributed by atoms with Gasteiger partial charge in [-0.3, -0.25) is 15.0 Å². The van der Waals surface area contributed by atoms with E-state index in [1.54, 1.807) is 37.3 Å². The number of ether oxygens (including phenoxy) is 1. The maximum atomic E-state index is 12.8. The van der Waals surface area contributed by atoms with Gasteiger partial charge in [0.2, 0.25) is 0 Å². The number of amidine groups is 1. The molecule has 4 N–H and O–H groups in total. The van der Waals surface area contributed by atoms with Crippen LogP contribution in [-0.2, 0) is 9.53 Å². The Morgan fingerprint density at radius 2 is 1.94 bits per heavy atom. The number of nitrogens with one attached hydrogen (secondary N) is 2. The van der Waals surface area contributed by atoms with Crippen molar-refractivity contribution in [3.8, 4) is 0 Å². The minimum Gasteiger partial charge on any atom is -0.466 e. The number of likely N-dealkylation sites (tertiary alicyclic amines) is 1. The van der Waals surface area contributed by atoms with Gasteiger partial charge < -0.3 is 20.7 Å². The van der Waals surface area contributed by atoms with Crippen molar-refractivity contribution in [3.05, 3.63) is 65.5 Å². The molecule has 0 saturated carbocycles. The smallest absolute Gasteiger partial charge is 0.308 e. The van der Waals surface area contributed by atoms with Gasteiger partial charge in [-0.25, -0.2) is 9.97 Å². The fraction of sp³-hybridized carbons (Fsp3) is 0.320. The molecule has 1 aliphatic rings. The van der Waals surface area contributed by atoms with E-state index >= 15 is 0 Å². The average Bonchev–Trinajstić information content (AvgIpc) is 3.38. The summed E-state index contributed by atoms with van der Waals surface area (Å²) in [5, 5.41) is 11.8. The zero-order chi connectivity index (χ0) is 24.1. The molecule has 1 unspecified atom stereocenters. The summed E-state index contributed by atoms with van der Waals surface area (Å²) in [5.41, 5.74) is 8.22. The van der Waals surface area contributed by atoms with Gasteiger partial charge in [-0.05, 0) is 49.6 Å². The van der Waals surface area contributed by atoms with Crippen LogP contribution in [0.5, 0.6) is 0 Å². The quantitative estimate of drug-likeness (QED) is 0.267. The largest absolute Gasteiger partial charge is 0.466 e. The first-order chi connectivity index (χ1) is 16.5. The van der Waals surface area contributed by atoms with E-state index in [1.165, 1.54) is 6.33 Å². The van der Waals surface area contributed by atoms with Crippen LogP contribution in [0.1, 0.15) is 53.7 Å². The summed E-state index contributed by atoms with van der Waals surface area (Å²) < 4.78 is 5.17. The molecule has 0 spiro atoms. The average molecular weight is 461 g/mol. The van der Waals surface area contributed by atoms with Gasteiger partial charge in [0.15, 0.2) is 0 Å². The molecule has 176 valence electrons.